The predicted molar refractivity (Wildman–Crippen MR) is 139 cm³/mol. The molecule has 1 aliphatic heterocycles. The number of rotatable bonds is 11. The van der Waals surface area contributed by atoms with Gasteiger partial charge in [-0.3, -0.25) is 9.59 Å². The lowest BCUT2D eigenvalue weighted by Crippen LogP contribution is -2.42. The van der Waals surface area contributed by atoms with E-state index in [9.17, 15) is 35.9 Å². The van der Waals surface area contributed by atoms with E-state index in [-0.39, 0.29) is 43.2 Å². The Bertz CT molecular complexity index is 1290. The monoisotopic (exact) mass is 567 g/mol. The zero-order chi connectivity index (χ0) is 28.9. The molecule has 1 saturated heterocycles. The Balaban J connectivity index is 1.48. The minimum absolute atomic E-state index is 0.0630. The molecule has 1 aliphatic rings. The number of para-hydroxylation sites is 1. The summed E-state index contributed by atoms with van der Waals surface area (Å²) in [6.45, 7) is 2.76. The normalized spacial score (nSPS) is 15.4. The van der Waals surface area contributed by atoms with Crippen LogP contribution >= 0.6 is 0 Å². The summed E-state index contributed by atoms with van der Waals surface area (Å²) in [5, 5.41) is 3.63. The van der Waals surface area contributed by atoms with Crippen LogP contribution in [0, 0.1) is 0 Å². The number of hydrogen-bond acceptors (Lipinski definition) is 3. The molecule has 2 N–H and O–H groups in total. The zero-order valence-electron chi connectivity index (χ0n) is 21.8. The summed E-state index contributed by atoms with van der Waals surface area (Å²) >= 11 is 0. The second kappa shape index (κ2) is 12.4. The van der Waals surface area contributed by atoms with Gasteiger partial charge in [0.05, 0.1) is 17.2 Å². The SMILES string of the molecule is O=C(CCCN1CCCC1)NC(Cc1c[nH]c2ccccc12)C(=O)CCc1cc(C(F)(F)F)cc(C(F)(F)F)c1. The fourth-order valence-electron chi connectivity index (χ4n) is 5.11. The van der Waals surface area contributed by atoms with E-state index in [1.165, 1.54) is 0 Å². The number of carbonyl (C=O) groups is 2. The van der Waals surface area contributed by atoms with E-state index in [4.69, 9.17) is 0 Å². The maximum atomic E-state index is 13.3. The lowest BCUT2D eigenvalue weighted by molar-refractivity contribution is -0.143. The lowest BCUT2D eigenvalue weighted by atomic mass is 9.95. The van der Waals surface area contributed by atoms with E-state index >= 15 is 0 Å². The number of halogens is 6. The van der Waals surface area contributed by atoms with Crippen molar-refractivity contribution in [2.45, 2.75) is 63.3 Å². The van der Waals surface area contributed by atoms with Gasteiger partial charge < -0.3 is 15.2 Å². The Morgan fingerprint density at radius 2 is 1.57 bits per heavy atom. The highest BCUT2D eigenvalue weighted by molar-refractivity contribution is 5.91. The Morgan fingerprint density at radius 1 is 0.925 bits per heavy atom. The third kappa shape index (κ3) is 7.87. The van der Waals surface area contributed by atoms with Crippen LogP contribution in [0.5, 0.6) is 0 Å². The van der Waals surface area contributed by atoms with Crippen molar-refractivity contribution >= 4 is 22.6 Å². The molecule has 1 aromatic heterocycles. The number of aryl methyl sites for hydroxylation is 1. The summed E-state index contributed by atoms with van der Waals surface area (Å²) in [6, 6.07) is 7.75. The van der Waals surface area contributed by atoms with Gasteiger partial charge in [-0.25, -0.2) is 0 Å². The number of nitrogens with zero attached hydrogens (tertiary/aromatic N) is 1. The van der Waals surface area contributed by atoms with Gasteiger partial charge in [-0.05, 0) is 80.7 Å². The molecule has 0 spiro atoms. The number of nitrogens with one attached hydrogen (secondary N) is 2. The van der Waals surface area contributed by atoms with Gasteiger partial charge in [-0.1, -0.05) is 18.2 Å². The van der Waals surface area contributed by atoms with Gasteiger partial charge in [0.15, 0.2) is 5.78 Å². The van der Waals surface area contributed by atoms with Gasteiger partial charge in [0.2, 0.25) is 5.91 Å². The van der Waals surface area contributed by atoms with E-state index in [2.05, 4.69) is 15.2 Å². The highest BCUT2D eigenvalue weighted by atomic mass is 19.4. The van der Waals surface area contributed by atoms with E-state index in [0.717, 1.165) is 48.9 Å². The van der Waals surface area contributed by atoms with Gasteiger partial charge >= 0.3 is 12.4 Å². The molecule has 0 radical (unpaired) electrons. The Kier molecular flexibility index (Phi) is 9.22. The number of aromatic nitrogens is 1. The number of hydrogen-bond donors (Lipinski definition) is 2. The number of H-pyrrole nitrogens is 1. The molecule has 0 saturated carbocycles. The number of benzene rings is 2. The number of ketones is 1. The molecule has 216 valence electrons. The van der Waals surface area contributed by atoms with Gasteiger partial charge in [-0.2, -0.15) is 26.3 Å². The van der Waals surface area contributed by atoms with Crippen molar-refractivity contribution < 1.29 is 35.9 Å². The highest BCUT2D eigenvalue weighted by Crippen LogP contribution is 2.36. The van der Waals surface area contributed by atoms with Gasteiger partial charge in [-0.15, -0.1) is 0 Å². The Morgan fingerprint density at radius 3 is 2.23 bits per heavy atom. The number of likely N-dealkylation sites (tertiary alicyclic amines) is 1. The summed E-state index contributed by atoms with van der Waals surface area (Å²) < 4.78 is 79.6. The average Bonchev–Trinajstić information content (AvgIpc) is 3.56. The van der Waals surface area contributed by atoms with Gasteiger partial charge in [0.25, 0.3) is 0 Å². The molecule has 11 heteroatoms. The van der Waals surface area contributed by atoms with Crippen LogP contribution in [0.2, 0.25) is 0 Å². The number of aromatic amines is 1. The first-order valence-electron chi connectivity index (χ1n) is 13.3. The quantitative estimate of drug-likeness (QED) is 0.267. The van der Waals surface area contributed by atoms with Gasteiger partial charge in [0, 0.05) is 36.4 Å². The maximum Gasteiger partial charge on any atom is 0.416 e. The first kappa shape index (κ1) is 29.6. The van der Waals surface area contributed by atoms with Crippen molar-refractivity contribution in [3.05, 3.63) is 70.9 Å². The number of amides is 1. The first-order chi connectivity index (χ1) is 18.9. The van der Waals surface area contributed by atoms with Crippen molar-refractivity contribution in [3.8, 4) is 0 Å². The zero-order valence-corrected chi connectivity index (χ0v) is 21.8. The molecule has 2 heterocycles. The molecule has 1 fully saturated rings. The molecule has 3 aromatic rings. The van der Waals surface area contributed by atoms with Crippen molar-refractivity contribution in [3.63, 3.8) is 0 Å². The van der Waals surface area contributed by atoms with Gasteiger partial charge in [0.1, 0.15) is 0 Å². The third-order valence-corrected chi connectivity index (χ3v) is 7.21. The molecule has 40 heavy (non-hydrogen) atoms. The molecule has 5 nitrogen and oxygen atoms in total. The minimum Gasteiger partial charge on any atom is -0.361 e. The van der Waals surface area contributed by atoms with Crippen LogP contribution < -0.4 is 5.32 Å². The number of fused-ring (bicyclic) bond motifs is 1. The van der Waals surface area contributed by atoms with Crippen molar-refractivity contribution in [1.29, 1.82) is 0 Å². The summed E-state index contributed by atoms with van der Waals surface area (Å²) in [4.78, 5) is 31.4. The van der Waals surface area contributed by atoms with Crippen LogP contribution in [-0.2, 0) is 34.8 Å². The van der Waals surface area contributed by atoms with E-state index < -0.39 is 35.3 Å². The van der Waals surface area contributed by atoms with Crippen LogP contribution in [0.1, 0.15) is 54.4 Å². The fraction of sp³-hybridized carbons (Fsp3) is 0.448. The smallest absolute Gasteiger partial charge is 0.361 e. The topological polar surface area (TPSA) is 65.2 Å². The van der Waals surface area contributed by atoms with Crippen molar-refractivity contribution in [2.24, 2.45) is 0 Å². The highest BCUT2D eigenvalue weighted by Gasteiger charge is 2.37. The van der Waals surface area contributed by atoms with Crippen LogP contribution in [0.15, 0.2) is 48.7 Å². The second-order valence-corrected chi connectivity index (χ2v) is 10.2. The summed E-state index contributed by atoms with van der Waals surface area (Å²) in [5.41, 5.74) is -1.50. The summed E-state index contributed by atoms with van der Waals surface area (Å²) in [7, 11) is 0. The Labute approximate surface area is 227 Å². The largest absolute Gasteiger partial charge is 0.416 e. The summed E-state index contributed by atoms with van der Waals surface area (Å²) in [6.07, 6.45) is -5.67. The lowest BCUT2D eigenvalue weighted by Gasteiger charge is -2.19. The molecule has 1 amide bonds. The first-order valence-corrected chi connectivity index (χ1v) is 13.3. The molecule has 2 aromatic carbocycles. The average molecular weight is 568 g/mol. The summed E-state index contributed by atoms with van der Waals surface area (Å²) in [5.74, 6) is -0.792. The third-order valence-electron chi connectivity index (χ3n) is 7.21. The second-order valence-electron chi connectivity index (χ2n) is 10.2. The molecule has 0 aliphatic carbocycles. The predicted octanol–water partition coefficient (Wildman–Crippen LogP) is 6.31. The van der Waals surface area contributed by atoms with Crippen molar-refractivity contribution in [2.75, 3.05) is 19.6 Å². The number of Topliss-reactive ketones (excluding diaryl/α,β-unsaturated/α-hetero) is 1. The fourth-order valence-corrected chi connectivity index (χ4v) is 5.11. The molecular formula is C29H31F6N3O2. The van der Waals surface area contributed by atoms with Crippen LogP contribution in [0.3, 0.4) is 0 Å². The number of carbonyl (C=O) groups excluding carboxylic acids is 2. The van der Waals surface area contributed by atoms with E-state index in [1.54, 1.807) is 6.20 Å². The molecule has 0 bridgehead atoms. The van der Waals surface area contributed by atoms with Crippen LogP contribution in [0.4, 0.5) is 26.3 Å². The minimum atomic E-state index is -4.97. The van der Waals surface area contributed by atoms with E-state index in [1.807, 2.05) is 24.3 Å². The molecule has 1 unspecified atom stereocenters. The maximum absolute atomic E-state index is 13.3. The Hall–Kier alpha value is -3.34. The van der Waals surface area contributed by atoms with E-state index in [0.29, 0.717) is 18.6 Å². The van der Waals surface area contributed by atoms with Crippen LogP contribution in [-0.4, -0.2) is 47.3 Å². The molecule has 1 atom stereocenters. The van der Waals surface area contributed by atoms with Crippen LogP contribution in [0.25, 0.3) is 10.9 Å². The number of alkyl halides is 6. The molecule has 4 rings (SSSR count). The molecular weight excluding hydrogens is 536 g/mol. The van der Waals surface area contributed by atoms with Crippen molar-refractivity contribution in [1.82, 2.24) is 15.2 Å². The standard InChI is InChI=1S/C29H31F6N3O2/c30-28(31,32)21-14-19(15-22(17-21)29(33,34)35)9-10-26(39)25(16-20-18-36-24-7-2-1-6-23(20)24)37-27(40)8-5-13-38-11-3-4-12-38/h1-2,6-7,14-15,17-18,25,36H,3-5,8-13,16H2,(H,37,40).